The fraction of sp³-hybridized carbons (Fsp3) is 0.389. The lowest BCUT2D eigenvalue weighted by atomic mass is 9.97. The zero-order valence-corrected chi connectivity index (χ0v) is 14.8. The molecule has 3 rings (SSSR count). The second-order valence-corrected chi connectivity index (χ2v) is 8.42. The zero-order chi connectivity index (χ0) is 17.3. The number of amides is 1. The van der Waals surface area contributed by atoms with Gasteiger partial charge in [0, 0.05) is 13.6 Å². The van der Waals surface area contributed by atoms with Gasteiger partial charge in [0.25, 0.3) is 0 Å². The van der Waals surface area contributed by atoms with Crippen LogP contribution in [0.3, 0.4) is 0 Å². The summed E-state index contributed by atoms with van der Waals surface area (Å²) in [5.41, 5.74) is 1.14. The maximum absolute atomic E-state index is 12.6. The van der Waals surface area contributed by atoms with Gasteiger partial charge in [0.2, 0.25) is 15.9 Å². The molecule has 2 aromatic rings. The molecular formula is C18H22N2O3S. The van der Waals surface area contributed by atoms with E-state index in [1.165, 1.54) is 7.05 Å². The van der Waals surface area contributed by atoms with Gasteiger partial charge in [-0.2, -0.15) is 4.31 Å². The molecule has 6 heteroatoms. The fourth-order valence-electron chi connectivity index (χ4n) is 3.33. The lowest BCUT2D eigenvalue weighted by molar-refractivity contribution is -0.132. The minimum absolute atomic E-state index is 0.0107. The second kappa shape index (κ2) is 6.53. The van der Waals surface area contributed by atoms with Crippen molar-refractivity contribution in [2.75, 3.05) is 26.4 Å². The van der Waals surface area contributed by atoms with Crippen molar-refractivity contribution in [2.24, 2.45) is 0 Å². The zero-order valence-electron chi connectivity index (χ0n) is 14.0. The monoisotopic (exact) mass is 346 g/mol. The average molecular weight is 346 g/mol. The largest absolute Gasteiger partial charge is 0.334 e. The first-order valence-corrected chi connectivity index (χ1v) is 9.91. The smallest absolute Gasteiger partial charge is 0.238 e. The Morgan fingerprint density at radius 1 is 1.21 bits per heavy atom. The summed E-state index contributed by atoms with van der Waals surface area (Å²) in [7, 11) is -1.92. The van der Waals surface area contributed by atoms with Gasteiger partial charge in [-0.05, 0) is 29.2 Å². The Morgan fingerprint density at radius 3 is 2.67 bits per heavy atom. The molecule has 0 spiro atoms. The van der Waals surface area contributed by atoms with Crippen LogP contribution in [0, 0.1) is 0 Å². The summed E-state index contributed by atoms with van der Waals surface area (Å²) < 4.78 is 24.2. The Labute approximate surface area is 142 Å². The van der Waals surface area contributed by atoms with Crippen LogP contribution in [-0.4, -0.2) is 49.9 Å². The first-order chi connectivity index (χ1) is 11.4. The number of hydrogen-bond donors (Lipinski definition) is 0. The SMILES string of the molecule is CN(CC(=O)N1CCC[C@H]1c1cccc2ccccc12)S(C)(=O)=O. The van der Waals surface area contributed by atoms with Crippen LogP contribution in [0.2, 0.25) is 0 Å². The summed E-state index contributed by atoms with van der Waals surface area (Å²) in [5, 5.41) is 2.31. The highest BCUT2D eigenvalue weighted by Gasteiger charge is 2.32. The predicted molar refractivity (Wildman–Crippen MR) is 95.1 cm³/mol. The van der Waals surface area contributed by atoms with Gasteiger partial charge in [0.1, 0.15) is 0 Å². The van der Waals surface area contributed by atoms with Gasteiger partial charge in [-0.3, -0.25) is 4.79 Å². The lowest BCUT2D eigenvalue weighted by Crippen LogP contribution is -2.40. The number of carbonyl (C=O) groups is 1. The molecule has 0 aromatic heterocycles. The summed E-state index contributed by atoms with van der Waals surface area (Å²) in [6, 6.07) is 14.3. The van der Waals surface area contributed by atoms with Crippen molar-refractivity contribution in [3.63, 3.8) is 0 Å². The van der Waals surface area contributed by atoms with E-state index >= 15 is 0 Å². The van der Waals surface area contributed by atoms with Crippen LogP contribution in [-0.2, 0) is 14.8 Å². The van der Waals surface area contributed by atoms with Gasteiger partial charge < -0.3 is 4.90 Å². The van der Waals surface area contributed by atoms with Gasteiger partial charge in [-0.1, -0.05) is 42.5 Å². The van der Waals surface area contributed by atoms with Crippen molar-refractivity contribution in [2.45, 2.75) is 18.9 Å². The third-order valence-corrected chi connectivity index (χ3v) is 5.94. The highest BCUT2D eigenvalue weighted by Crippen LogP contribution is 2.35. The normalized spacial score (nSPS) is 18.5. The number of rotatable bonds is 4. The van der Waals surface area contributed by atoms with E-state index in [1.54, 1.807) is 0 Å². The minimum Gasteiger partial charge on any atom is -0.334 e. The summed E-state index contributed by atoms with van der Waals surface area (Å²) in [5.74, 6) is -0.140. The molecule has 1 heterocycles. The van der Waals surface area contributed by atoms with Crippen LogP contribution in [0.1, 0.15) is 24.4 Å². The van der Waals surface area contributed by atoms with Crippen LogP contribution in [0.25, 0.3) is 10.8 Å². The first-order valence-electron chi connectivity index (χ1n) is 8.06. The molecule has 0 radical (unpaired) electrons. The Balaban J connectivity index is 1.89. The van der Waals surface area contributed by atoms with E-state index in [-0.39, 0.29) is 18.5 Å². The summed E-state index contributed by atoms with van der Waals surface area (Å²) >= 11 is 0. The number of nitrogens with zero attached hydrogens (tertiary/aromatic N) is 2. The fourth-order valence-corrected chi connectivity index (χ4v) is 3.67. The molecule has 1 aliphatic heterocycles. The number of likely N-dealkylation sites (tertiary alicyclic amines) is 1. The summed E-state index contributed by atoms with van der Waals surface area (Å²) in [6.45, 7) is 0.560. The number of sulfonamides is 1. The van der Waals surface area contributed by atoms with Gasteiger partial charge in [-0.15, -0.1) is 0 Å². The van der Waals surface area contributed by atoms with E-state index in [1.807, 2.05) is 23.1 Å². The van der Waals surface area contributed by atoms with E-state index in [9.17, 15) is 13.2 Å². The molecule has 1 fully saturated rings. The summed E-state index contributed by atoms with van der Waals surface area (Å²) in [6.07, 6.45) is 2.96. The van der Waals surface area contributed by atoms with Gasteiger partial charge in [0.05, 0.1) is 18.8 Å². The predicted octanol–water partition coefficient (Wildman–Crippen LogP) is 2.39. The van der Waals surface area contributed by atoms with E-state index in [0.717, 1.165) is 39.7 Å². The topological polar surface area (TPSA) is 57.7 Å². The molecule has 0 bridgehead atoms. The maximum Gasteiger partial charge on any atom is 0.238 e. The Hall–Kier alpha value is -1.92. The molecule has 0 unspecified atom stereocenters. The van der Waals surface area contributed by atoms with Crippen molar-refractivity contribution in [3.05, 3.63) is 48.0 Å². The first kappa shape index (κ1) is 16.9. The molecule has 5 nitrogen and oxygen atoms in total. The van der Waals surface area contributed by atoms with Gasteiger partial charge >= 0.3 is 0 Å². The molecule has 1 aliphatic rings. The third-order valence-electron chi connectivity index (χ3n) is 4.68. The van der Waals surface area contributed by atoms with Gasteiger partial charge in [0.15, 0.2) is 0 Å². The Morgan fingerprint density at radius 2 is 1.92 bits per heavy atom. The molecule has 24 heavy (non-hydrogen) atoms. The molecule has 128 valence electrons. The molecule has 0 aliphatic carbocycles. The lowest BCUT2D eigenvalue weighted by Gasteiger charge is -2.27. The van der Waals surface area contributed by atoms with Crippen LogP contribution >= 0.6 is 0 Å². The maximum atomic E-state index is 12.6. The van der Waals surface area contributed by atoms with Crippen molar-refractivity contribution in [1.82, 2.24) is 9.21 Å². The molecule has 0 N–H and O–H groups in total. The minimum atomic E-state index is -3.36. The Kier molecular flexibility index (Phi) is 4.60. The highest BCUT2D eigenvalue weighted by atomic mass is 32.2. The van der Waals surface area contributed by atoms with Crippen LogP contribution in [0.5, 0.6) is 0 Å². The third kappa shape index (κ3) is 3.30. The summed E-state index contributed by atoms with van der Waals surface area (Å²) in [4.78, 5) is 14.5. The molecule has 1 atom stereocenters. The molecule has 2 aromatic carbocycles. The van der Waals surface area contributed by atoms with Crippen molar-refractivity contribution >= 4 is 26.7 Å². The van der Waals surface area contributed by atoms with Crippen LogP contribution in [0.15, 0.2) is 42.5 Å². The number of benzene rings is 2. The number of carbonyl (C=O) groups excluding carboxylic acids is 1. The van der Waals surface area contributed by atoms with Crippen LogP contribution < -0.4 is 0 Å². The number of fused-ring (bicyclic) bond motifs is 1. The molecule has 1 amide bonds. The number of hydrogen-bond acceptors (Lipinski definition) is 3. The van der Waals surface area contributed by atoms with Gasteiger partial charge in [-0.25, -0.2) is 8.42 Å². The Bertz CT molecular complexity index is 858. The quantitative estimate of drug-likeness (QED) is 0.854. The van der Waals surface area contributed by atoms with Crippen molar-refractivity contribution < 1.29 is 13.2 Å². The number of likely N-dealkylation sites (N-methyl/N-ethyl adjacent to an activating group) is 1. The van der Waals surface area contributed by atoms with E-state index in [2.05, 4.69) is 24.3 Å². The molecule has 1 saturated heterocycles. The standard InChI is InChI=1S/C18H22N2O3S/c1-19(24(2,22)23)13-18(21)20-12-6-11-17(20)16-10-5-8-14-7-3-4-9-15(14)16/h3-5,7-10,17H,6,11-13H2,1-2H3/t17-/m0/s1. The average Bonchev–Trinajstić information content (AvgIpc) is 3.03. The molecular weight excluding hydrogens is 324 g/mol. The molecule has 0 saturated carbocycles. The van der Waals surface area contributed by atoms with E-state index in [0.29, 0.717) is 6.54 Å². The van der Waals surface area contributed by atoms with Crippen molar-refractivity contribution in [1.29, 1.82) is 0 Å². The second-order valence-electron chi connectivity index (χ2n) is 6.33. The van der Waals surface area contributed by atoms with E-state index in [4.69, 9.17) is 0 Å². The van der Waals surface area contributed by atoms with Crippen LogP contribution in [0.4, 0.5) is 0 Å². The highest BCUT2D eigenvalue weighted by molar-refractivity contribution is 7.88. The van der Waals surface area contributed by atoms with Crippen molar-refractivity contribution in [3.8, 4) is 0 Å². The van der Waals surface area contributed by atoms with E-state index < -0.39 is 10.0 Å².